The number of thiophene rings is 1. The molecule has 0 spiro atoms. The first-order chi connectivity index (χ1) is 8.74. The average molecular weight is 303 g/mol. The average Bonchev–Trinajstić information content (AvgIpc) is 2.76. The highest BCUT2D eigenvalue weighted by Crippen LogP contribution is 2.17. The number of carbonyl (C=O) groups excluding carboxylic acids is 1. The lowest BCUT2D eigenvalue weighted by Crippen LogP contribution is -2.42. The SMILES string of the molecule is Cc1ccc(CCCC(=O)NC2CCNCC2)s1.Cl. The van der Waals surface area contributed by atoms with E-state index in [4.69, 9.17) is 0 Å². The summed E-state index contributed by atoms with van der Waals surface area (Å²) in [4.78, 5) is 14.5. The van der Waals surface area contributed by atoms with E-state index < -0.39 is 0 Å². The van der Waals surface area contributed by atoms with Crippen LogP contribution in [-0.2, 0) is 11.2 Å². The Morgan fingerprint density at radius 1 is 1.42 bits per heavy atom. The molecule has 0 saturated carbocycles. The first-order valence-electron chi connectivity index (χ1n) is 6.79. The molecule has 108 valence electrons. The molecule has 1 aromatic heterocycles. The summed E-state index contributed by atoms with van der Waals surface area (Å²) in [6.07, 6.45) is 4.77. The molecule has 1 amide bonds. The van der Waals surface area contributed by atoms with Crippen LogP contribution < -0.4 is 10.6 Å². The second-order valence-corrected chi connectivity index (χ2v) is 6.33. The van der Waals surface area contributed by atoms with Crippen molar-refractivity contribution in [2.75, 3.05) is 13.1 Å². The quantitative estimate of drug-likeness (QED) is 0.878. The number of hydrogen-bond donors (Lipinski definition) is 2. The van der Waals surface area contributed by atoms with Crippen molar-refractivity contribution in [3.05, 3.63) is 21.9 Å². The van der Waals surface area contributed by atoms with Crippen molar-refractivity contribution < 1.29 is 4.79 Å². The first-order valence-corrected chi connectivity index (χ1v) is 7.61. The van der Waals surface area contributed by atoms with Gasteiger partial charge in [0.2, 0.25) is 5.91 Å². The molecular formula is C14H23ClN2OS. The van der Waals surface area contributed by atoms with Gasteiger partial charge in [-0.3, -0.25) is 4.79 Å². The Labute approximate surface area is 125 Å². The molecular weight excluding hydrogens is 280 g/mol. The first kappa shape index (κ1) is 16.5. The van der Waals surface area contributed by atoms with Gasteiger partial charge in [0.15, 0.2) is 0 Å². The van der Waals surface area contributed by atoms with Gasteiger partial charge in [0.1, 0.15) is 0 Å². The summed E-state index contributed by atoms with van der Waals surface area (Å²) in [5.41, 5.74) is 0. The van der Waals surface area contributed by atoms with Gasteiger partial charge in [0, 0.05) is 22.2 Å². The molecule has 0 radical (unpaired) electrons. The van der Waals surface area contributed by atoms with Crippen LogP contribution in [0.15, 0.2) is 12.1 Å². The molecule has 0 atom stereocenters. The third-order valence-corrected chi connectivity index (χ3v) is 4.39. The van der Waals surface area contributed by atoms with Gasteiger partial charge in [-0.05, 0) is 57.8 Å². The van der Waals surface area contributed by atoms with Crippen LogP contribution in [0.2, 0.25) is 0 Å². The van der Waals surface area contributed by atoms with E-state index in [1.165, 1.54) is 9.75 Å². The van der Waals surface area contributed by atoms with E-state index in [0.29, 0.717) is 12.5 Å². The molecule has 0 bridgehead atoms. The second-order valence-electron chi connectivity index (χ2n) is 4.96. The molecule has 19 heavy (non-hydrogen) atoms. The molecule has 1 aliphatic rings. The van der Waals surface area contributed by atoms with Crippen LogP contribution in [0.5, 0.6) is 0 Å². The maximum Gasteiger partial charge on any atom is 0.220 e. The normalized spacial score (nSPS) is 15.8. The van der Waals surface area contributed by atoms with E-state index in [0.717, 1.165) is 38.8 Å². The zero-order valence-electron chi connectivity index (χ0n) is 11.4. The number of halogens is 1. The van der Waals surface area contributed by atoms with E-state index in [9.17, 15) is 4.79 Å². The molecule has 2 rings (SSSR count). The summed E-state index contributed by atoms with van der Waals surface area (Å²) >= 11 is 1.84. The molecule has 2 N–H and O–H groups in total. The smallest absolute Gasteiger partial charge is 0.220 e. The van der Waals surface area contributed by atoms with Gasteiger partial charge in [-0.1, -0.05) is 0 Å². The van der Waals surface area contributed by atoms with Crippen LogP contribution in [0.25, 0.3) is 0 Å². The summed E-state index contributed by atoms with van der Waals surface area (Å²) in [7, 11) is 0. The minimum atomic E-state index is 0. The molecule has 5 heteroatoms. The van der Waals surface area contributed by atoms with Crippen molar-refractivity contribution in [1.82, 2.24) is 10.6 Å². The molecule has 3 nitrogen and oxygen atoms in total. The summed E-state index contributed by atoms with van der Waals surface area (Å²) in [5, 5.41) is 6.44. The van der Waals surface area contributed by atoms with E-state index in [1.54, 1.807) is 0 Å². The van der Waals surface area contributed by atoms with Gasteiger partial charge in [-0.15, -0.1) is 23.7 Å². The molecule has 1 fully saturated rings. The maximum atomic E-state index is 11.8. The Hall–Kier alpha value is -0.580. The summed E-state index contributed by atoms with van der Waals surface area (Å²) in [5.74, 6) is 0.218. The number of carbonyl (C=O) groups is 1. The van der Waals surface area contributed by atoms with E-state index in [-0.39, 0.29) is 18.3 Å². The third kappa shape index (κ3) is 5.93. The van der Waals surface area contributed by atoms with E-state index in [1.807, 2.05) is 11.3 Å². The van der Waals surface area contributed by atoms with Crippen LogP contribution in [0.1, 0.15) is 35.4 Å². The fourth-order valence-corrected chi connectivity index (χ4v) is 3.24. The molecule has 1 aliphatic heterocycles. The Morgan fingerprint density at radius 2 is 2.16 bits per heavy atom. The van der Waals surface area contributed by atoms with Gasteiger partial charge in [0.05, 0.1) is 0 Å². The van der Waals surface area contributed by atoms with Crippen LogP contribution >= 0.6 is 23.7 Å². The maximum absolute atomic E-state index is 11.8. The molecule has 1 saturated heterocycles. The standard InChI is InChI=1S/C14H22N2OS.ClH/c1-11-5-6-13(18-11)3-2-4-14(17)16-12-7-9-15-10-8-12;/h5-6,12,15H,2-4,7-10H2,1H3,(H,16,17);1H. The highest BCUT2D eigenvalue weighted by molar-refractivity contribution is 7.11. The number of aryl methyl sites for hydroxylation is 2. The van der Waals surface area contributed by atoms with Gasteiger partial charge >= 0.3 is 0 Å². The van der Waals surface area contributed by atoms with E-state index in [2.05, 4.69) is 29.7 Å². The topological polar surface area (TPSA) is 41.1 Å². The molecule has 1 aromatic rings. The summed E-state index contributed by atoms with van der Waals surface area (Å²) in [6.45, 7) is 4.18. The Bertz CT molecular complexity index is 389. The van der Waals surface area contributed by atoms with Crippen molar-refractivity contribution in [2.45, 2.75) is 45.1 Å². The molecule has 0 unspecified atom stereocenters. The van der Waals surface area contributed by atoms with Crippen LogP contribution in [0, 0.1) is 6.92 Å². The third-order valence-electron chi connectivity index (χ3n) is 3.33. The fourth-order valence-electron chi connectivity index (χ4n) is 2.31. The minimum absolute atomic E-state index is 0. The lowest BCUT2D eigenvalue weighted by atomic mass is 10.1. The van der Waals surface area contributed by atoms with Crippen LogP contribution in [-0.4, -0.2) is 25.0 Å². The monoisotopic (exact) mass is 302 g/mol. The number of amides is 1. The lowest BCUT2D eigenvalue weighted by molar-refractivity contribution is -0.122. The highest BCUT2D eigenvalue weighted by Gasteiger charge is 2.14. The number of piperidine rings is 1. The predicted octanol–water partition coefficient (Wildman–Crippen LogP) is 2.67. The zero-order chi connectivity index (χ0) is 12.8. The van der Waals surface area contributed by atoms with Crippen molar-refractivity contribution in [3.8, 4) is 0 Å². The second kappa shape index (κ2) is 8.56. The number of rotatable bonds is 5. The number of hydrogen-bond acceptors (Lipinski definition) is 3. The molecule has 0 aliphatic carbocycles. The lowest BCUT2D eigenvalue weighted by Gasteiger charge is -2.23. The number of nitrogens with one attached hydrogen (secondary N) is 2. The highest BCUT2D eigenvalue weighted by atomic mass is 35.5. The van der Waals surface area contributed by atoms with Crippen molar-refractivity contribution >= 4 is 29.7 Å². The summed E-state index contributed by atoms with van der Waals surface area (Å²) in [6, 6.07) is 4.71. The fraction of sp³-hybridized carbons (Fsp3) is 0.643. The Kier molecular flexibility index (Phi) is 7.42. The van der Waals surface area contributed by atoms with Gasteiger partial charge in [0.25, 0.3) is 0 Å². The Balaban J connectivity index is 0.00000180. The van der Waals surface area contributed by atoms with Crippen molar-refractivity contribution in [2.24, 2.45) is 0 Å². The molecule has 2 heterocycles. The van der Waals surface area contributed by atoms with Crippen molar-refractivity contribution in [1.29, 1.82) is 0 Å². The van der Waals surface area contributed by atoms with Crippen LogP contribution in [0.3, 0.4) is 0 Å². The predicted molar refractivity (Wildman–Crippen MR) is 83.3 cm³/mol. The van der Waals surface area contributed by atoms with E-state index >= 15 is 0 Å². The molecule has 0 aromatic carbocycles. The van der Waals surface area contributed by atoms with Gasteiger partial charge in [-0.2, -0.15) is 0 Å². The van der Waals surface area contributed by atoms with Crippen molar-refractivity contribution in [3.63, 3.8) is 0 Å². The zero-order valence-corrected chi connectivity index (χ0v) is 13.0. The van der Waals surface area contributed by atoms with Gasteiger partial charge in [-0.25, -0.2) is 0 Å². The minimum Gasteiger partial charge on any atom is -0.353 e. The Morgan fingerprint density at radius 3 is 2.79 bits per heavy atom. The van der Waals surface area contributed by atoms with Crippen LogP contribution in [0.4, 0.5) is 0 Å². The summed E-state index contributed by atoms with van der Waals surface area (Å²) < 4.78 is 0. The van der Waals surface area contributed by atoms with Gasteiger partial charge < -0.3 is 10.6 Å². The largest absolute Gasteiger partial charge is 0.353 e.